The molecule has 25 heavy (non-hydrogen) atoms. The molecule has 3 aromatic rings. The Morgan fingerprint density at radius 3 is 2.84 bits per heavy atom. The molecule has 1 amide bonds. The molecular weight excluding hydrogens is 338 g/mol. The van der Waals surface area contributed by atoms with Crippen LogP contribution in [0.15, 0.2) is 17.4 Å². The Morgan fingerprint density at radius 1 is 1.32 bits per heavy atom. The van der Waals surface area contributed by atoms with Crippen molar-refractivity contribution in [3.63, 3.8) is 0 Å². The number of amides is 1. The van der Waals surface area contributed by atoms with Crippen LogP contribution in [0.1, 0.15) is 30.3 Å². The lowest BCUT2D eigenvalue weighted by Crippen LogP contribution is -2.20. The van der Waals surface area contributed by atoms with Crippen LogP contribution in [-0.2, 0) is 17.8 Å². The van der Waals surface area contributed by atoms with Gasteiger partial charge in [-0.05, 0) is 26.5 Å². The van der Waals surface area contributed by atoms with Gasteiger partial charge in [-0.1, -0.05) is 18.7 Å². The molecule has 0 saturated heterocycles. The number of aromatic nitrogens is 6. The number of fused-ring (bicyclic) bond motifs is 1. The number of carbonyl (C=O) groups is 1. The van der Waals surface area contributed by atoms with Gasteiger partial charge in [-0.3, -0.25) is 4.79 Å². The van der Waals surface area contributed by atoms with E-state index in [9.17, 15) is 4.79 Å². The molecule has 3 rings (SSSR count). The second-order valence-corrected chi connectivity index (χ2v) is 6.51. The first kappa shape index (κ1) is 17.4. The first-order valence-corrected chi connectivity index (χ1v) is 9.34. The van der Waals surface area contributed by atoms with Gasteiger partial charge in [0.15, 0.2) is 0 Å². The minimum atomic E-state index is -0.101. The van der Waals surface area contributed by atoms with Gasteiger partial charge >= 0.3 is 0 Å². The number of hydrogen-bond donors (Lipinski definition) is 1. The third-order valence-electron chi connectivity index (χ3n) is 3.97. The number of nitrogens with one attached hydrogen (secondary N) is 1. The van der Waals surface area contributed by atoms with Gasteiger partial charge in [0.05, 0.1) is 12.6 Å². The summed E-state index contributed by atoms with van der Waals surface area (Å²) in [6, 6.07) is 1.80. The monoisotopic (exact) mass is 359 g/mol. The van der Waals surface area contributed by atoms with E-state index in [0.717, 1.165) is 29.9 Å². The van der Waals surface area contributed by atoms with Crippen molar-refractivity contribution in [2.75, 3.05) is 11.6 Å². The molecule has 1 N–H and O–H groups in total. The zero-order valence-corrected chi connectivity index (χ0v) is 15.6. The first-order valence-electron chi connectivity index (χ1n) is 8.12. The van der Waals surface area contributed by atoms with Crippen molar-refractivity contribution in [2.45, 2.75) is 45.3 Å². The van der Waals surface area contributed by atoms with E-state index in [-0.39, 0.29) is 12.3 Å². The van der Waals surface area contributed by atoms with E-state index in [1.807, 2.05) is 20.1 Å². The van der Waals surface area contributed by atoms with Gasteiger partial charge in [-0.2, -0.15) is 10.1 Å². The molecule has 3 aromatic heterocycles. The van der Waals surface area contributed by atoms with E-state index in [4.69, 9.17) is 0 Å². The highest BCUT2D eigenvalue weighted by Gasteiger charge is 2.16. The summed E-state index contributed by atoms with van der Waals surface area (Å²) in [7, 11) is 0. The largest absolute Gasteiger partial charge is 0.311 e. The van der Waals surface area contributed by atoms with Crippen LogP contribution in [0.5, 0.6) is 0 Å². The lowest BCUT2D eigenvalue weighted by Gasteiger charge is -2.11. The smallest absolute Gasteiger partial charge is 0.253 e. The van der Waals surface area contributed by atoms with Gasteiger partial charge in [-0.15, -0.1) is 5.10 Å². The number of carbonyl (C=O) groups excluding carboxylic acids is 1. The fourth-order valence-electron chi connectivity index (χ4n) is 2.71. The third kappa shape index (κ3) is 3.51. The minimum absolute atomic E-state index is 0.101. The predicted octanol–water partition coefficient (Wildman–Crippen LogP) is 2.25. The van der Waals surface area contributed by atoms with Gasteiger partial charge in [0.25, 0.3) is 5.78 Å². The molecule has 0 radical (unpaired) electrons. The maximum atomic E-state index is 12.5. The Kier molecular flexibility index (Phi) is 5.03. The normalized spacial score (nSPS) is 11.2. The van der Waals surface area contributed by atoms with Crippen molar-refractivity contribution in [3.8, 4) is 0 Å². The molecule has 0 spiro atoms. The van der Waals surface area contributed by atoms with Gasteiger partial charge in [0, 0.05) is 29.6 Å². The Labute approximate surface area is 150 Å². The van der Waals surface area contributed by atoms with Crippen LogP contribution >= 0.6 is 11.8 Å². The highest BCUT2D eigenvalue weighted by molar-refractivity contribution is 7.98. The van der Waals surface area contributed by atoms with Crippen LogP contribution in [0.2, 0.25) is 0 Å². The van der Waals surface area contributed by atoms with E-state index in [2.05, 4.69) is 32.4 Å². The summed E-state index contributed by atoms with van der Waals surface area (Å²) in [4.78, 5) is 21.3. The number of aryl methyl sites for hydroxylation is 3. The molecule has 0 atom stereocenters. The summed E-state index contributed by atoms with van der Waals surface area (Å²) in [5.74, 6) is 1.17. The summed E-state index contributed by atoms with van der Waals surface area (Å²) in [6.07, 6.45) is 4.79. The second kappa shape index (κ2) is 7.22. The first-order chi connectivity index (χ1) is 12.0. The van der Waals surface area contributed by atoms with E-state index in [1.54, 1.807) is 21.5 Å². The zero-order chi connectivity index (χ0) is 18.0. The fraction of sp³-hybridized carbons (Fsp3) is 0.438. The number of hydrogen-bond acceptors (Lipinski definition) is 6. The average molecular weight is 359 g/mol. The summed E-state index contributed by atoms with van der Waals surface area (Å²) in [5.41, 5.74) is 2.54. The molecule has 0 bridgehead atoms. The van der Waals surface area contributed by atoms with Gasteiger partial charge in [-0.25, -0.2) is 14.2 Å². The third-order valence-corrected chi connectivity index (χ3v) is 4.51. The van der Waals surface area contributed by atoms with Crippen LogP contribution in [-0.4, -0.2) is 41.5 Å². The van der Waals surface area contributed by atoms with Crippen molar-refractivity contribution in [3.05, 3.63) is 29.2 Å². The van der Waals surface area contributed by atoms with E-state index in [0.29, 0.717) is 16.8 Å². The zero-order valence-electron chi connectivity index (χ0n) is 14.8. The lowest BCUT2D eigenvalue weighted by atomic mass is 10.1. The van der Waals surface area contributed by atoms with E-state index >= 15 is 0 Å². The molecule has 0 aliphatic rings. The van der Waals surface area contributed by atoms with Crippen LogP contribution in [0.4, 0.5) is 5.82 Å². The van der Waals surface area contributed by atoms with Crippen LogP contribution in [0.25, 0.3) is 5.78 Å². The fourth-order valence-corrected chi connectivity index (χ4v) is 3.04. The summed E-state index contributed by atoms with van der Waals surface area (Å²) < 4.78 is 3.49. The maximum absolute atomic E-state index is 12.5. The average Bonchev–Trinajstić information content (AvgIpc) is 3.19. The molecule has 132 valence electrons. The minimum Gasteiger partial charge on any atom is -0.311 e. The molecule has 0 fully saturated rings. The topological polar surface area (TPSA) is 90.0 Å². The van der Waals surface area contributed by atoms with Crippen molar-refractivity contribution >= 4 is 29.3 Å². The number of thioether (sulfide) groups is 1. The summed E-state index contributed by atoms with van der Waals surface area (Å²) in [5, 5.41) is 12.2. The van der Waals surface area contributed by atoms with Crippen molar-refractivity contribution in [1.82, 2.24) is 29.4 Å². The highest BCUT2D eigenvalue weighted by Crippen LogP contribution is 2.18. The molecule has 3 heterocycles. The molecule has 0 aromatic carbocycles. The Balaban J connectivity index is 1.84. The summed E-state index contributed by atoms with van der Waals surface area (Å²) in [6.45, 7) is 6.67. The van der Waals surface area contributed by atoms with Crippen molar-refractivity contribution in [1.29, 1.82) is 0 Å². The molecule has 9 heteroatoms. The molecule has 0 saturated carbocycles. The highest BCUT2D eigenvalue weighted by atomic mass is 32.2. The molecule has 0 aliphatic carbocycles. The number of anilines is 1. The van der Waals surface area contributed by atoms with Crippen LogP contribution in [0, 0.1) is 13.8 Å². The molecule has 8 nitrogen and oxygen atoms in total. The van der Waals surface area contributed by atoms with E-state index in [1.165, 1.54) is 11.8 Å². The molecular formula is C16H21N7OS. The van der Waals surface area contributed by atoms with Crippen molar-refractivity contribution < 1.29 is 4.79 Å². The number of nitrogens with zero attached hydrogens (tertiary/aromatic N) is 6. The molecule has 0 aliphatic heterocycles. The summed E-state index contributed by atoms with van der Waals surface area (Å²) >= 11 is 1.47. The lowest BCUT2D eigenvalue weighted by molar-refractivity contribution is -0.115. The van der Waals surface area contributed by atoms with Crippen molar-refractivity contribution in [2.24, 2.45) is 0 Å². The Bertz CT molecular complexity index is 915. The Morgan fingerprint density at radius 2 is 2.12 bits per heavy atom. The van der Waals surface area contributed by atoms with Crippen LogP contribution in [0.3, 0.4) is 0 Å². The predicted molar refractivity (Wildman–Crippen MR) is 96.9 cm³/mol. The van der Waals surface area contributed by atoms with E-state index < -0.39 is 0 Å². The number of rotatable bonds is 6. The Hall–Kier alpha value is -2.42. The van der Waals surface area contributed by atoms with Gasteiger partial charge in [0.1, 0.15) is 5.82 Å². The standard InChI is InChI=1S/C16H21N7OS/c1-5-8-22-13(6-7-17-22)19-14(24)9-12-10(2)18-15-20-16(25-4)21-23(15)11(12)3/h6-7H,5,8-9H2,1-4H3,(H,19,24). The van der Waals surface area contributed by atoms with Crippen LogP contribution < -0.4 is 5.32 Å². The quantitative estimate of drug-likeness (QED) is 0.679. The maximum Gasteiger partial charge on any atom is 0.253 e. The molecule has 0 unspecified atom stereocenters. The second-order valence-electron chi connectivity index (χ2n) is 5.74. The van der Waals surface area contributed by atoms with Gasteiger partial charge < -0.3 is 5.32 Å². The van der Waals surface area contributed by atoms with Gasteiger partial charge in [0.2, 0.25) is 11.1 Å². The SMILES string of the molecule is CCCn1nccc1NC(=O)Cc1c(C)nc2nc(SC)nn2c1C.